The molecule has 2 aromatic rings. The van der Waals surface area contributed by atoms with Crippen molar-refractivity contribution < 1.29 is 14.5 Å². The van der Waals surface area contributed by atoms with Crippen LogP contribution in [0, 0.1) is 24.0 Å². The van der Waals surface area contributed by atoms with Crippen molar-refractivity contribution in [3.63, 3.8) is 0 Å². The number of ether oxygens (including phenoxy) is 1. The standard InChI is InChI=1S/C13H13N3O4/c1-8-7-15(9(2)14-8)12-6-10(13(17)20-3)4-5-11(12)16(18)19/h4-7H,1-3H3. The number of aromatic nitrogens is 2. The number of imidazole rings is 1. The maximum absolute atomic E-state index is 11.6. The number of nitro groups is 1. The fourth-order valence-electron chi connectivity index (χ4n) is 1.98. The second kappa shape index (κ2) is 5.12. The van der Waals surface area contributed by atoms with Gasteiger partial charge in [0, 0.05) is 12.3 Å². The molecule has 7 heteroatoms. The van der Waals surface area contributed by atoms with Gasteiger partial charge in [0.2, 0.25) is 0 Å². The van der Waals surface area contributed by atoms with Gasteiger partial charge in [0.1, 0.15) is 11.5 Å². The Morgan fingerprint density at radius 1 is 1.40 bits per heavy atom. The summed E-state index contributed by atoms with van der Waals surface area (Å²) in [5, 5.41) is 11.1. The number of aryl methyl sites for hydroxylation is 2. The molecule has 0 fully saturated rings. The number of methoxy groups -OCH3 is 1. The highest BCUT2D eigenvalue weighted by Gasteiger charge is 2.20. The van der Waals surface area contributed by atoms with Gasteiger partial charge in [-0.15, -0.1) is 0 Å². The molecule has 0 aliphatic carbocycles. The van der Waals surface area contributed by atoms with Gasteiger partial charge in [0.05, 0.1) is 23.3 Å². The highest BCUT2D eigenvalue weighted by Crippen LogP contribution is 2.26. The van der Waals surface area contributed by atoms with Gasteiger partial charge in [-0.05, 0) is 26.0 Å². The molecule has 0 spiro atoms. The molecule has 20 heavy (non-hydrogen) atoms. The van der Waals surface area contributed by atoms with Crippen LogP contribution in [0.2, 0.25) is 0 Å². The number of benzene rings is 1. The molecule has 0 aliphatic heterocycles. The molecule has 0 aliphatic rings. The quantitative estimate of drug-likeness (QED) is 0.486. The molecule has 2 rings (SSSR count). The van der Waals surface area contributed by atoms with Crippen LogP contribution in [0.1, 0.15) is 21.9 Å². The Labute approximate surface area is 115 Å². The molecular formula is C13H13N3O4. The number of carbonyl (C=O) groups is 1. The number of hydrogen-bond donors (Lipinski definition) is 0. The van der Waals surface area contributed by atoms with Crippen LogP contribution in [0.25, 0.3) is 5.69 Å². The summed E-state index contributed by atoms with van der Waals surface area (Å²) in [5.74, 6) is 0.0586. The molecule has 1 aromatic heterocycles. The summed E-state index contributed by atoms with van der Waals surface area (Å²) in [6.45, 7) is 3.53. The average molecular weight is 275 g/mol. The molecule has 0 bridgehead atoms. The van der Waals surface area contributed by atoms with Crippen LogP contribution >= 0.6 is 0 Å². The third kappa shape index (κ3) is 2.37. The van der Waals surface area contributed by atoms with E-state index in [9.17, 15) is 14.9 Å². The van der Waals surface area contributed by atoms with Crippen molar-refractivity contribution in [1.29, 1.82) is 0 Å². The lowest BCUT2D eigenvalue weighted by atomic mass is 10.1. The third-order valence-electron chi connectivity index (χ3n) is 2.86. The van der Waals surface area contributed by atoms with Crippen molar-refractivity contribution in [1.82, 2.24) is 9.55 Å². The highest BCUT2D eigenvalue weighted by atomic mass is 16.6. The van der Waals surface area contributed by atoms with Gasteiger partial charge in [0.25, 0.3) is 5.69 Å². The van der Waals surface area contributed by atoms with Crippen LogP contribution in [0.4, 0.5) is 5.69 Å². The van der Waals surface area contributed by atoms with E-state index < -0.39 is 10.9 Å². The molecule has 1 aromatic carbocycles. The molecule has 0 saturated carbocycles. The minimum absolute atomic E-state index is 0.0989. The van der Waals surface area contributed by atoms with E-state index in [4.69, 9.17) is 0 Å². The van der Waals surface area contributed by atoms with E-state index in [1.54, 1.807) is 24.6 Å². The molecule has 104 valence electrons. The summed E-state index contributed by atoms with van der Waals surface area (Å²) >= 11 is 0. The minimum atomic E-state index is -0.546. The number of carbonyl (C=O) groups excluding carboxylic acids is 1. The largest absolute Gasteiger partial charge is 0.465 e. The van der Waals surface area contributed by atoms with Crippen LogP contribution in [0.3, 0.4) is 0 Å². The Balaban J connectivity index is 2.67. The number of nitrogens with zero attached hydrogens (tertiary/aromatic N) is 3. The summed E-state index contributed by atoms with van der Waals surface area (Å²) in [4.78, 5) is 26.4. The van der Waals surface area contributed by atoms with Gasteiger partial charge in [-0.2, -0.15) is 0 Å². The van der Waals surface area contributed by atoms with Gasteiger partial charge in [-0.3, -0.25) is 14.7 Å². The molecule has 0 unspecified atom stereocenters. The van der Waals surface area contributed by atoms with Gasteiger partial charge in [-0.25, -0.2) is 9.78 Å². The van der Waals surface area contributed by atoms with E-state index in [0.717, 1.165) is 5.69 Å². The molecule has 7 nitrogen and oxygen atoms in total. The Morgan fingerprint density at radius 2 is 2.10 bits per heavy atom. The van der Waals surface area contributed by atoms with E-state index in [-0.39, 0.29) is 16.9 Å². The summed E-state index contributed by atoms with van der Waals surface area (Å²) < 4.78 is 6.21. The predicted octanol–water partition coefficient (Wildman–Crippen LogP) is 2.18. The summed E-state index contributed by atoms with van der Waals surface area (Å²) in [7, 11) is 1.26. The first-order chi connectivity index (χ1) is 9.43. The van der Waals surface area contributed by atoms with Gasteiger partial charge >= 0.3 is 5.97 Å². The Kier molecular flexibility index (Phi) is 3.51. The van der Waals surface area contributed by atoms with Crippen molar-refractivity contribution in [2.45, 2.75) is 13.8 Å². The minimum Gasteiger partial charge on any atom is -0.465 e. The van der Waals surface area contributed by atoms with Gasteiger partial charge in [0.15, 0.2) is 0 Å². The monoisotopic (exact) mass is 275 g/mol. The Hall–Kier alpha value is -2.70. The smallest absolute Gasteiger partial charge is 0.337 e. The zero-order chi connectivity index (χ0) is 14.9. The summed E-state index contributed by atoms with van der Waals surface area (Å²) in [6, 6.07) is 4.08. The van der Waals surface area contributed by atoms with E-state index in [2.05, 4.69) is 9.72 Å². The predicted molar refractivity (Wildman–Crippen MR) is 71.0 cm³/mol. The van der Waals surface area contributed by atoms with Crippen molar-refractivity contribution in [3.8, 4) is 5.69 Å². The van der Waals surface area contributed by atoms with Crippen LogP contribution in [0.5, 0.6) is 0 Å². The van der Waals surface area contributed by atoms with Crippen LogP contribution < -0.4 is 0 Å². The zero-order valence-corrected chi connectivity index (χ0v) is 11.3. The Bertz CT molecular complexity index is 691. The van der Waals surface area contributed by atoms with Crippen molar-refractivity contribution in [2.24, 2.45) is 0 Å². The van der Waals surface area contributed by atoms with Crippen molar-refractivity contribution in [2.75, 3.05) is 7.11 Å². The SMILES string of the molecule is COC(=O)c1ccc([N+](=O)[O-])c(-n2cc(C)nc2C)c1. The molecule has 0 N–H and O–H groups in total. The fraction of sp³-hybridized carbons (Fsp3) is 0.231. The van der Waals surface area contributed by atoms with E-state index >= 15 is 0 Å². The third-order valence-corrected chi connectivity index (χ3v) is 2.86. The van der Waals surface area contributed by atoms with Gasteiger partial charge in [-0.1, -0.05) is 0 Å². The molecule has 0 amide bonds. The normalized spacial score (nSPS) is 10.3. The van der Waals surface area contributed by atoms with E-state index in [0.29, 0.717) is 5.82 Å². The zero-order valence-electron chi connectivity index (χ0n) is 11.3. The first-order valence-electron chi connectivity index (χ1n) is 5.83. The topological polar surface area (TPSA) is 87.3 Å². The van der Waals surface area contributed by atoms with Crippen LogP contribution in [0.15, 0.2) is 24.4 Å². The molecule has 1 heterocycles. The number of esters is 1. The molecule has 0 atom stereocenters. The maximum atomic E-state index is 11.6. The van der Waals surface area contributed by atoms with Gasteiger partial charge < -0.3 is 4.74 Å². The summed E-state index contributed by atoms with van der Waals surface area (Å²) in [6.07, 6.45) is 1.68. The van der Waals surface area contributed by atoms with Crippen LogP contribution in [-0.4, -0.2) is 27.6 Å². The first-order valence-corrected chi connectivity index (χ1v) is 5.83. The maximum Gasteiger partial charge on any atom is 0.337 e. The van der Waals surface area contributed by atoms with Crippen molar-refractivity contribution >= 4 is 11.7 Å². The first kappa shape index (κ1) is 13.7. The Morgan fingerprint density at radius 3 is 2.60 bits per heavy atom. The molecule has 0 saturated heterocycles. The van der Waals surface area contributed by atoms with E-state index in [1.807, 2.05) is 0 Å². The molecule has 0 radical (unpaired) electrons. The second-order valence-electron chi connectivity index (χ2n) is 4.25. The lowest BCUT2D eigenvalue weighted by molar-refractivity contribution is -0.384. The lowest BCUT2D eigenvalue weighted by Crippen LogP contribution is -2.06. The summed E-state index contributed by atoms with van der Waals surface area (Å²) in [5.41, 5.74) is 1.17. The fourth-order valence-corrected chi connectivity index (χ4v) is 1.98. The number of nitro benzene ring substituents is 1. The van der Waals surface area contributed by atoms with Crippen molar-refractivity contribution in [3.05, 3.63) is 51.6 Å². The highest BCUT2D eigenvalue weighted by molar-refractivity contribution is 5.90. The van der Waals surface area contributed by atoms with Crippen LogP contribution in [-0.2, 0) is 4.74 Å². The average Bonchev–Trinajstić information content (AvgIpc) is 2.75. The molecular weight excluding hydrogens is 262 g/mol. The lowest BCUT2D eigenvalue weighted by Gasteiger charge is -2.07. The number of hydrogen-bond acceptors (Lipinski definition) is 5. The second-order valence-corrected chi connectivity index (χ2v) is 4.25. The van der Waals surface area contributed by atoms with E-state index in [1.165, 1.54) is 25.3 Å². The number of rotatable bonds is 3.